The number of nitrogens with zero attached hydrogens (tertiary/aromatic N) is 1. The molecule has 112 valence electrons. The van der Waals surface area contributed by atoms with Gasteiger partial charge < -0.3 is 10.2 Å². The Morgan fingerprint density at radius 2 is 1.84 bits per heavy atom. The van der Waals surface area contributed by atoms with Crippen LogP contribution >= 0.6 is 0 Å². The van der Waals surface area contributed by atoms with Crippen molar-refractivity contribution in [3.8, 4) is 0 Å². The lowest BCUT2D eigenvalue weighted by Gasteiger charge is -2.38. The Balaban J connectivity index is 1.76. The maximum absolute atomic E-state index is 14.4. The van der Waals surface area contributed by atoms with Gasteiger partial charge in [0.2, 0.25) is 0 Å². The van der Waals surface area contributed by atoms with E-state index < -0.39 is 6.17 Å². The zero-order valence-corrected chi connectivity index (χ0v) is 12.9. The maximum atomic E-state index is 14.4. The van der Waals surface area contributed by atoms with Crippen LogP contribution < -0.4 is 5.32 Å². The Morgan fingerprint density at radius 3 is 2.42 bits per heavy atom. The quantitative estimate of drug-likeness (QED) is 0.848. The molecule has 0 amide bonds. The molecule has 1 aliphatic heterocycles. The van der Waals surface area contributed by atoms with E-state index in [1.165, 1.54) is 12.8 Å². The fourth-order valence-electron chi connectivity index (χ4n) is 3.74. The summed E-state index contributed by atoms with van der Waals surface area (Å²) < 4.78 is 14.4. The highest BCUT2D eigenvalue weighted by atomic mass is 19.1. The first kappa shape index (κ1) is 15.2. The van der Waals surface area contributed by atoms with Gasteiger partial charge in [0.1, 0.15) is 6.17 Å². The Kier molecular flexibility index (Phi) is 5.24. The monoisotopic (exact) mass is 270 g/mol. The molecule has 2 fully saturated rings. The predicted molar refractivity (Wildman–Crippen MR) is 79.1 cm³/mol. The fourth-order valence-corrected chi connectivity index (χ4v) is 3.74. The van der Waals surface area contributed by atoms with Crippen molar-refractivity contribution >= 4 is 0 Å². The van der Waals surface area contributed by atoms with E-state index in [2.05, 4.69) is 31.0 Å². The molecule has 0 radical (unpaired) electrons. The van der Waals surface area contributed by atoms with Gasteiger partial charge in [-0.05, 0) is 37.0 Å². The summed E-state index contributed by atoms with van der Waals surface area (Å²) in [6.45, 7) is 12.1. The summed E-state index contributed by atoms with van der Waals surface area (Å²) in [6.07, 6.45) is 3.72. The molecule has 19 heavy (non-hydrogen) atoms. The first-order chi connectivity index (χ1) is 8.94. The van der Waals surface area contributed by atoms with Crippen molar-refractivity contribution in [1.29, 1.82) is 0 Å². The minimum absolute atomic E-state index is 0.286. The molecule has 1 aliphatic carbocycles. The van der Waals surface area contributed by atoms with Crippen LogP contribution in [0.4, 0.5) is 4.39 Å². The standard InChI is InChI=1S/C16H31FN2/c1-16(2,3)11-13-4-5-14(15(17)10-13)12-19-8-6-18-7-9-19/h13-15,18H,4-12H2,1-3H3. The molecule has 0 aromatic rings. The average Bonchev–Trinajstić information content (AvgIpc) is 2.32. The molecule has 2 rings (SSSR count). The normalized spacial score (nSPS) is 34.4. The van der Waals surface area contributed by atoms with Crippen molar-refractivity contribution in [1.82, 2.24) is 10.2 Å². The topological polar surface area (TPSA) is 15.3 Å². The third-order valence-corrected chi connectivity index (χ3v) is 4.62. The Morgan fingerprint density at radius 1 is 1.16 bits per heavy atom. The molecule has 2 nitrogen and oxygen atoms in total. The van der Waals surface area contributed by atoms with E-state index in [1.807, 2.05) is 0 Å². The van der Waals surface area contributed by atoms with Crippen LogP contribution in [0.1, 0.15) is 46.5 Å². The number of piperazine rings is 1. The van der Waals surface area contributed by atoms with Crippen LogP contribution in [0.15, 0.2) is 0 Å². The van der Waals surface area contributed by atoms with E-state index >= 15 is 0 Å². The largest absolute Gasteiger partial charge is 0.314 e. The number of alkyl halides is 1. The maximum Gasteiger partial charge on any atom is 0.104 e. The molecule has 0 bridgehead atoms. The number of halogens is 1. The molecule has 1 heterocycles. The molecule has 0 aromatic heterocycles. The van der Waals surface area contributed by atoms with E-state index in [9.17, 15) is 4.39 Å². The van der Waals surface area contributed by atoms with Gasteiger partial charge in [0.05, 0.1) is 0 Å². The van der Waals surface area contributed by atoms with Crippen molar-refractivity contribution in [3.05, 3.63) is 0 Å². The molecule has 3 heteroatoms. The Bertz CT molecular complexity index is 268. The van der Waals surface area contributed by atoms with Crippen molar-refractivity contribution in [3.63, 3.8) is 0 Å². The second kappa shape index (κ2) is 6.53. The zero-order chi connectivity index (χ0) is 13.9. The van der Waals surface area contributed by atoms with Gasteiger partial charge in [0, 0.05) is 38.6 Å². The summed E-state index contributed by atoms with van der Waals surface area (Å²) >= 11 is 0. The second-order valence-corrected chi connectivity index (χ2v) is 7.77. The van der Waals surface area contributed by atoms with Crippen LogP contribution in [0.25, 0.3) is 0 Å². The van der Waals surface area contributed by atoms with Crippen molar-refractivity contribution < 1.29 is 4.39 Å². The molecule has 1 saturated carbocycles. The summed E-state index contributed by atoms with van der Waals surface area (Å²) in [6, 6.07) is 0. The van der Waals surface area contributed by atoms with Crippen LogP contribution in [-0.2, 0) is 0 Å². The van der Waals surface area contributed by atoms with E-state index in [0.717, 1.165) is 45.6 Å². The molecule has 1 saturated heterocycles. The third-order valence-electron chi connectivity index (χ3n) is 4.62. The summed E-state index contributed by atoms with van der Waals surface area (Å²) in [5.74, 6) is 0.892. The smallest absolute Gasteiger partial charge is 0.104 e. The molecule has 1 N–H and O–H groups in total. The van der Waals surface area contributed by atoms with Crippen molar-refractivity contribution in [2.45, 2.75) is 52.6 Å². The van der Waals surface area contributed by atoms with Crippen molar-refractivity contribution in [2.75, 3.05) is 32.7 Å². The minimum Gasteiger partial charge on any atom is -0.314 e. The highest BCUT2D eigenvalue weighted by molar-refractivity contribution is 4.85. The fraction of sp³-hybridized carbons (Fsp3) is 1.00. The highest BCUT2D eigenvalue weighted by Gasteiger charge is 2.33. The van der Waals surface area contributed by atoms with E-state index in [-0.39, 0.29) is 5.92 Å². The first-order valence-electron chi connectivity index (χ1n) is 8.01. The van der Waals surface area contributed by atoms with Crippen molar-refractivity contribution in [2.24, 2.45) is 17.3 Å². The van der Waals surface area contributed by atoms with Gasteiger partial charge in [0.15, 0.2) is 0 Å². The molecule has 3 atom stereocenters. The van der Waals surface area contributed by atoms with Gasteiger partial charge in [-0.1, -0.05) is 20.8 Å². The van der Waals surface area contributed by atoms with Gasteiger partial charge in [-0.2, -0.15) is 0 Å². The van der Waals surface area contributed by atoms with Gasteiger partial charge in [-0.25, -0.2) is 4.39 Å². The lowest BCUT2D eigenvalue weighted by Crippen LogP contribution is -2.47. The summed E-state index contributed by atoms with van der Waals surface area (Å²) in [5.41, 5.74) is 0.343. The van der Waals surface area contributed by atoms with Gasteiger partial charge in [0.25, 0.3) is 0 Å². The lowest BCUT2D eigenvalue weighted by atomic mass is 9.73. The third kappa shape index (κ3) is 5.03. The molecular formula is C16H31FN2. The number of hydrogen-bond donors (Lipinski definition) is 1. The van der Waals surface area contributed by atoms with E-state index in [0.29, 0.717) is 11.3 Å². The first-order valence-corrected chi connectivity index (χ1v) is 8.01. The summed E-state index contributed by atoms with van der Waals surface area (Å²) in [5, 5.41) is 3.36. The predicted octanol–water partition coefficient (Wildman–Crippen LogP) is 3.08. The number of nitrogens with one attached hydrogen (secondary N) is 1. The van der Waals surface area contributed by atoms with Crippen LogP contribution in [0.5, 0.6) is 0 Å². The van der Waals surface area contributed by atoms with Crippen LogP contribution in [0.3, 0.4) is 0 Å². The van der Waals surface area contributed by atoms with Crippen LogP contribution in [0, 0.1) is 17.3 Å². The molecule has 0 spiro atoms. The van der Waals surface area contributed by atoms with Crippen LogP contribution in [-0.4, -0.2) is 43.8 Å². The summed E-state index contributed by atoms with van der Waals surface area (Å²) in [7, 11) is 0. The second-order valence-electron chi connectivity index (χ2n) is 7.77. The molecule has 2 aliphatic rings. The molecule has 0 aromatic carbocycles. The van der Waals surface area contributed by atoms with Gasteiger partial charge in [-0.3, -0.25) is 0 Å². The summed E-state index contributed by atoms with van der Waals surface area (Å²) in [4.78, 5) is 2.44. The molecule has 3 unspecified atom stereocenters. The molecular weight excluding hydrogens is 239 g/mol. The Hall–Kier alpha value is -0.150. The number of hydrogen-bond acceptors (Lipinski definition) is 2. The average molecular weight is 270 g/mol. The zero-order valence-electron chi connectivity index (χ0n) is 12.9. The van der Waals surface area contributed by atoms with Crippen LogP contribution in [0.2, 0.25) is 0 Å². The Labute approximate surface area is 118 Å². The number of rotatable bonds is 3. The SMILES string of the molecule is CC(C)(C)CC1CCC(CN2CCNCC2)C(F)C1. The van der Waals surface area contributed by atoms with E-state index in [1.54, 1.807) is 0 Å². The minimum atomic E-state index is -0.573. The highest BCUT2D eigenvalue weighted by Crippen LogP contribution is 2.38. The lowest BCUT2D eigenvalue weighted by molar-refractivity contribution is 0.0722. The van der Waals surface area contributed by atoms with Gasteiger partial charge >= 0.3 is 0 Å². The van der Waals surface area contributed by atoms with Gasteiger partial charge in [-0.15, -0.1) is 0 Å². The van der Waals surface area contributed by atoms with E-state index in [4.69, 9.17) is 0 Å².